The first kappa shape index (κ1) is 19.4. The van der Waals surface area contributed by atoms with E-state index in [0.717, 1.165) is 22.3 Å². The Balaban J connectivity index is 1.74. The van der Waals surface area contributed by atoms with Crippen molar-refractivity contribution >= 4 is 22.8 Å². The minimum Gasteiger partial charge on any atom is -0.337 e. The fourth-order valence-corrected chi connectivity index (χ4v) is 3.07. The summed E-state index contributed by atoms with van der Waals surface area (Å²) in [7, 11) is 3.33. The highest BCUT2D eigenvalue weighted by atomic mass is 16.2. The molecule has 1 atom stereocenters. The molecule has 3 aromatic rings. The zero-order valence-electron chi connectivity index (χ0n) is 16.4. The third-order valence-electron chi connectivity index (χ3n) is 5.00. The normalized spacial score (nSPS) is 11.8. The number of nitrogens with zero attached hydrogens (tertiary/aromatic N) is 4. The van der Waals surface area contributed by atoms with Gasteiger partial charge in [-0.2, -0.15) is 0 Å². The van der Waals surface area contributed by atoms with Gasteiger partial charge in [0.2, 0.25) is 11.8 Å². The summed E-state index contributed by atoms with van der Waals surface area (Å²) in [6, 6.07) is 15.9. The lowest BCUT2D eigenvalue weighted by Crippen LogP contribution is -2.39. The summed E-state index contributed by atoms with van der Waals surface area (Å²) in [5, 5.41) is 0. The molecule has 1 unspecified atom stereocenters. The smallest absolute Gasteiger partial charge is 0.246 e. The summed E-state index contributed by atoms with van der Waals surface area (Å²) in [6.45, 7) is 5.43. The summed E-state index contributed by atoms with van der Waals surface area (Å²) in [6.07, 6.45) is 3.01. The fourth-order valence-electron chi connectivity index (χ4n) is 3.07. The summed E-state index contributed by atoms with van der Waals surface area (Å²) >= 11 is 0. The number of carbonyl (C=O) groups excluding carboxylic acids is 2. The Kier molecular flexibility index (Phi) is 5.59. The van der Waals surface area contributed by atoms with Crippen LogP contribution in [0.4, 0.5) is 0 Å². The number of hydrogen-bond acceptors (Lipinski definition) is 3. The number of benzene rings is 2. The number of likely N-dealkylation sites (N-methyl/N-ethyl adjacent to an activating group) is 2. The van der Waals surface area contributed by atoms with Gasteiger partial charge in [0, 0.05) is 19.8 Å². The van der Waals surface area contributed by atoms with Crippen LogP contribution in [0.2, 0.25) is 0 Å². The van der Waals surface area contributed by atoms with Crippen LogP contribution in [0.15, 0.2) is 67.5 Å². The average molecular weight is 376 g/mol. The number of fused-ring (bicyclic) bond motifs is 1. The Labute approximate surface area is 164 Å². The lowest BCUT2D eigenvalue weighted by atomic mass is 10.1. The van der Waals surface area contributed by atoms with Crippen molar-refractivity contribution in [2.24, 2.45) is 0 Å². The maximum Gasteiger partial charge on any atom is 0.246 e. The van der Waals surface area contributed by atoms with Crippen molar-refractivity contribution in [2.45, 2.75) is 13.0 Å². The van der Waals surface area contributed by atoms with Gasteiger partial charge in [-0.25, -0.2) is 4.98 Å². The average Bonchev–Trinajstić information content (AvgIpc) is 3.16. The van der Waals surface area contributed by atoms with Gasteiger partial charge in [0.05, 0.1) is 23.6 Å². The van der Waals surface area contributed by atoms with Crippen molar-refractivity contribution in [2.75, 3.05) is 20.6 Å². The van der Waals surface area contributed by atoms with Crippen LogP contribution in [0.3, 0.4) is 0 Å². The van der Waals surface area contributed by atoms with E-state index >= 15 is 0 Å². The fraction of sp³-hybridized carbons (Fsp3) is 0.227. The van der Waals surface area contributed by atoms with Gasteiger partial charge in [0.15, 0.2) is 0 Å². The first-order valence-electron chi connectivity index (χ1n) is 9.08. The summed E-state index contributed by atoms with van der Waals surface area (Å²) < 4.78 is 2.04. The first-order valence-corrected chi connectivity index (χ1v) is 9.08. The van der Waals surface area contributed by atoms with Crippen LogP contribution in [0.5, 0.6) is 0 Å². The van der Waals surface area contributed by atoms with Gasteiger partial charge < -0.3 is 9.80 Å². The standard InChI is InChI=1S/C22H24N4O2/c1-5-21(27)24(3)14-22(28)25(4)16(2)17-10-12-18(13-11-17)26-15-23-19-8-6-7-9-20(19)26/h5-13,15-16H,1,14H2,2-4H3. The number of carbonyl (C=O) groups is 2. The topological polar surface area (TPSA) is 58.4 Å². The summed E-state index contributed by atoms with van der Waals surface area (Å²) in [5.41, 5.74) is 4.02. The van der Waals surface area contributed by atoms with E-state index in [0.29, 0.717) is 0 Å². The van der Waals surface area contributed by atoms with E-state index in [9.17, 15) is 9.59 Å². The molecule has 2 amide bonds. The molecule has 6 nitrogen and oxygen atoms in total. The minimum absolute atomic E-state index is 0.0187. The van der Waals surface area contributed by atoms with E-state index in [1.165, 1.54) is 11.0 Å². The molecule has 0 aliphatic carbocycles. The number of rotatable bonds is 6. The SMILES string of the molecule is C=CC(=O)N(C)CC(=O)N(C)C(C)c1ccc(-n2cnc3ccccc32)cc1. The molecule has 28 heavy (non-hydrogen) atoms. The van der Waals surface area contributed by atoms with E-state index in [2.05, 4.69) is 11.6 Å². The number of aromatic nitrogens is 2. The minimum atomic E-state index is -0.272. The van der Waals surface area contributed by atoms with Crippen LogP contribution in [0.1, 0.15) is 18.5 Å². The zero-order valence-corrected chi connectivity index (χ0v) is 16.4. The monoisotopic (exact) mass is 376 g/mol. The van der Waals surface area contributed by atoms with E-state index < -0.39 is 0 Å². The Morgan fingerprint density at radius 3 is 2.50 bits per heavy atom. The van der Waals surface area contributed by atoms with Crippen molar-refractivity contribution in [3.05, 3.63) is 73.1 Å². The first-order chi connectivity index (χ1) is 13.4. The van der Waals surface area contributed by atoms with E-state index in [1.807, 2.05) is 66.3 Å². The molecule has 0 saturated heterocycles. The van der Waals surface area contributed by atoms with Crippen molar-refractivity contribution in [3.63, 3.8) is 0 Å². The Morgan fingerprint density at radius 2 is 1.82 bits per heavy atom. The third-order valence-corrected chi connectivity index (χ3v) is 5.00. The van der Waals surface area contributed by atoms with Gasteiger partial charge in [0.1, 0.15) is 6.33 Å². The van der Waals surface area contributed by atoms with Crippen LogP contribution in [-0.4, -0.2) is 51.8 Å². The van der Waals surface area contributed by atoms with Crippen molar-refractivity contribution in [1.82, 2.24) is 19.4 Å². The highest BCUT2D eigenvalue weighted by Crippen LogP contribution is 2.23. The quantitative estimate of drug-likeness (QED) is 0.621. The largest absolute Gasteiger partial charge is 0.337 e. The van der Waals surface area contributed by atoms with Crippen molar-refractivity contribution < 1.29 is 9.59 Å². The molecule has 0 N–H and O–H groups in total. The zero-order chi connectivity index (χ0) is 20.3. The molecule has 0 aliphatic heterocycles. The van der Waals surface area contributed by atoms with Crippen LogP contribution in [0, 0.1) is 0 Å². The Bertz CT molecular complexity index is 1010. The molecule has 0 radical (unpaired) electrons. The van der Waals surface area contributed by atoms with Crippen LogP contribution in [0.25, 0.3) is 16.7 Å². The molecule has 1 aromatic heterocycles. The maximum absolute atomic E-state index is 12.5. The second-order valence-electron chi connectivity index (χ2n) is 6.77. The molecule has 6 heteroatoms. The predicted molar refractivity (Wildman–Crippen MR) is 110 cm³/mol. The number of imidazole rings is 1. The van der Waals surface area contributed by atoms with Gasteiger partial charge in [-0.1, -0.05) is 30.8 Å². The summed E-state index contributed by atoms with van der Waals surface area (Å²) in [4.78, 5) is 31.5. The second kappa shape index (κ2) is 8.08. The molecular weight excluding hydrogens is 352 g/mol. The maximum atomic E-state index is 12.5. The highest BCUT2D eigenvalue weighted by Gasteiger charge is 2.20. The van der Waals surface area contributed by atoms with Gasteiger partial charge in [0.25, 0.3) is 0 Å². The summed E-state index contributed by atoms with van der Waals surface area (Å²) in [5.74, 6) is -0.402. The third kappa shape index (κ3) is 3.81. The van der Waals surface area contributed by atoms with Crippen LogP contribution < -0.4 is 0 Å². The highest BCUT2D eigenvalue weighted by molar-refractivity contribution is 5.90. The number of para-hydroxylation sites is 2. The lowest BCUT2D eigenvalue weighted by molar-refractivity contribution is -0.137. The number of amides is 2. The number of hydrogen-bond donors (Lipinski definition) is 0. The van der Waals surface area contributed by atoms with Crippen molar-refractivity contribution in [3.8, 4) is 5.69 Å². The molecule has 0 spiro atoms. The van der Waals surface area contributed by atoms with Crippen LogP contribution >= 0.6 is 0 Å². The molecule has 3 rings (SSSR count). The van der Waals surface area contributed by atoms with Gasteiger partial charge in [-0.15, -0.1) is 0 Å². The molecule has 0 aliphatic rings. The van der Waals surface area contributed by atoms with Crippen LogP contribution in [-0.2, 0) is 9.59 Å². The van der Waals surface area contributed by atoms with Gasteiger partial charge in [-0.05, 0) is 42.8 Å². The van der Waals surface area contributed by atoms with E-state index in [1.54, 1.807) is 19.0 Å². The van der Waals surface area contributed by atoms with E-state index in [-0.39, 0.29) is 24.4 Å². The van der Waals surface area contributed by atoms with E-state index in [4.69, 9.17) is 0 Å². The molecule has 144 valence electrons. The van der Waals surface area contributed by atoms with Crippen molar-refractivity contribution in [1.29, 1.82) is 0 Å². The van der Waals surface area contributed by atoms with Gasteiger partial charge >= 0.3 is 0 Å². The lowest BCUT2D eigenvalue weighted by Gasteiger charge is -2.27. The molecule has 1 heterocycles. The molecule has 0 fully saturated rings. The Hall–Kier alpha value is -3.41. The van der Waals surface area contributed by atoms with Gasteiger partial charge in [-0.3, -0.25) is 14.2 Å². The molecule has 2 aromatic carbocycles. The molecule has 0 bridgehead atoms. The molecular formula is C22H24N4O2. The second-order valence-corrected chi connectivity index (χ2v) is 6.77. The predicted octanol–water partition coefficient (Wildman–Crippen LogP) is 3.19. The Morgan fingerprint density at radius 1 is 1.14 bits per heavy atom. The molecule has 0 saturated carbocycles.